The highest BCUT2D eigenvalue weighted by Gasteiger charge is 2.29. The lowest BCUT2D eigenvalue weighted by Gasteiger charge is -2.22. The van der Waals surface area contributed by atoms with Gasteiger partial charge in [0, 0.05) is 12.1 Å². The first kappa shape index (κ1) is 13.8. The summed E-state index contributed by atoms with van der Waals surface area (Å²) in [5.74, 6) is -0.790. The summed E-state index contributed by atoms with van der Waals surface area (Å²) in [5, 5.41) is 3.38. The first-order valence-electron chi connectivity index (χ1n) is 5.87. The van der Waals surface area contributed by atoms with Gasteiger partial charge in [0.15, 0.2) is 0 Å². The fourth-order valence-electron chi connectivity index (χ4n) is 1.85. The highest BCUT2D eigenvalue weighted by Crippen LogP contribution is 2.22. The summed E-state index contributed by atoms with van der Waals surface area (Å²) >= 11 is 0.573. The summed E-state index contributed by atoms with van der Waals surface area (Å²) in [7, 11) is 0. The number of thioether (sulfide) groups is 1. The van der Waals surface area contributed by atoms with Crippen molar-refractivity contribution in [2.45, 2.75) is 36.9 Å². The molecule has 1 aliphatic heterocycles. The Balaban J connectivity index is 1.79. The summed E-state index contributed by atoms with van der Waals surface area (Å²) < 4.78 is 34.9. The maximum Gasteiger partial charge on any atom is 0.284 e. The van der Waals surface area contributed by atoms with E-state index in [9.17, 15) is 8.78 Å². The van der Waals surface area contributed by atoms with Crippen LogP contribution in [0.15, 0.2) is 16.5 Å². The molecule has 1 aromatic heterocycles. The number of hydrogen-bond donors (Lipinski definition) is 1. The molecule has 1 aromatic rings. The fourth-order valence-corrected chi connectivity index (χ4v) is 2.29. The second-order valence-corrected chi connectivity index (χ2v) is 5.63. The summed E-state index contributed by atoms with van der Waals surface area (Å²) in [6, 6.07) is 3.58. The average Bonchev–Trinajstić information content (AvgIpc) is 2.93. The van der Waals surface area contributed by atoms with E-state index in [4.69, 9.17) is 9.15 Å². The van der Waals surface area contributed by atoms with E-state index in [2.05, 4.69) is 12.2 Å². The fraction of sp³-hybridized carbons (Fsp3) is 0.667. The van der Waals surface area contributed by atoms with Crippen LogP contribution in [0.4, 0.5) is 8.78 Å². The van der Waals surface area contributed by atoms with Gasteiger partial charge in [-0.3, -0.25) is 0 Å². The molecule has 0 radical (unpaired) electrons. The first-order valence-corrected chi connectivity index (χ1v) is 6.92. The van der Waals surface area contributed by atoms with E-state index in [1.54, 1.807) is 6.07 Å². The quantitative estimate of drug-likeness (QED) is 0.867. The van der Waals surface area contributed by atoms with Crippen molar-refractivity contribution in [1.29, 1.82) is 0 Å². The third kappa shape index (κ3) is 3.96. The van der Waals surface area contributed by atoms with Crippen molar-refractivity contribution in [3.8, 4) is 0 Å². The Morgan fingerprint density at radius 1 is 1.44 bits per heavy atom. The Morgan fingerprint density at radius 3 is 2.89 bits per heavy atom. The molecule has 0 aliphatic carbocycles. The van der Waals surface area contributed by atoms with Crippen molar-refractivity contribution in [2.75, 3.05) is 13.2 Å². The molecule has 18 heavy (non-hydrogen) atoms. The van der Waals surface area contributed by atoms with Crippen molar-refractivity contribution < 1.29 is 17.9 Å². The number of hydrogen-bond acceptors (Lipinski definition) is 4. The Morgan fingerprint density at radius 2 is 2.22 bits per heavy atom. The molecule has 1 unspecified atom stereocenters. The molecule has 3 nitrogen and oxygen atoms in total. The average molecular weight is 277 g/mol. The molecule has 1 saturated heterocycles. The Kier molecular flexibility index (Phi) is 4.64. The molecule has 0 bridgehead atoms. The van der Waals surface area contributed by atoms with Crippen molar-refractivity contribution >= 4 is 11.8 Å². The molecule has 1 atom stereocenters. The number of alkyl halides is 2. The summed E-state index contributed by atoms with van der Waals surface area (Å²) in [6.07, 6.45) is 0.974. The lowest BCUT2D eigenvalue weighted by atomic mass is 10.0. The number of nitrogens with one attached hydrogen (secondary N) is 1. The van der Waals surface area contributed by atoms with Crippen LogP contribution in [0.2, 0.25) is 0 Å². The third-order valence-electron chi connectivity index (χ3n) is 2.98. The zero-order valence-electron chi connectivity index (χ0n) is 10.2. The van der Waals surface area contributed by atoms with Gasteiger partial charge in [-0.15, -0.1) is 0 Å². The minimum atomic E-state index is -2.36. The zero-order chi connectivity index (χ0) is 13.0. The number of furan rings is 1. The molecular formula is C12H17F2NO2S. The Bertz CT molecular complexity index is 378. The largest absolute Gasteiger partial charge is 0.464 e. The van der Waals surface area contributed by atoms with Gasteiger partial charge in [0.25, 0.3) is 5.76 Å². The van der Waals surface area contributed by atoms with Crippen LogP contribution in [0, 0.1) is 0 Å². The van der Waals surface area contributed by atoms with Gasteiger partial charge >= 0.3 is 0 Å². The van der Waals surface area contributed by atoms with Crippen LogP contribution in [0.25, 0.3) is 0 Å². The molecule has 1 fully saturated rings. The summed E-state index contributed by atoms with van der Waals surface area (Å²) in [6.45, 7) is 4.18. The minimum absolute atomic E-state index is 0.00925. The van der Waals surface area contributed by atoms with Crippen LogP contribution in [0.3, 0.4) is 0 Å². The predicted octanol–water partition coefficient (Wildman–Crippen LogP) is 3.00. The highest BCUT2D eigenvalue weighted by atomic mass is 32.2. The maximum atomic E-state index is 12.0. The molecular weight excluding hydrogens is 260 g/mol. The van der Waals surface area contributed by atoms with Crippen LogP contribution in [0.5, 0.6) is 0 Å². The summed E-state index contributed by atoms with van der Waals surface area (Å²) in [5.41, 5.74) is -0.00925. The van der Waals surface area contributed by atoms with E-state index in [0.717, 1.165) is 18.8 Å². The van der Waals surface area contributed by atoms with E-state index >= 15 is 0 Å². The monoisotopic (exact) mass is 277 g/mol. The van der Waals surface area contributed by atoms with E-state index in [1.807, 2.05) is 6.07 Å². The van der Waals surface area contributed by atoms with Crippen molar-refractivity contribution in [1.82, 2.24) is 5.32 Å². The van der Waals surface area contributed by atoms with Crippen molar-refractivity contribution in [3.63, 3.8) is 0 Å². The highest BCUT2D eigenvalue weighted by molar-refractivity contribution is 7.98. The van der Waals surface area contributed by atoms with Crippen molar-refractivity contribution in [2.24, 2.45) is 0 Å². The van der Waals surface area contributed by atoms with Gasteiger partial charge in [-0.1, -0.05) is 11.8 Å². The van der Waals surface area contributed by atoms with Crippen LogP contribution in [-0.2, 0) is 17.0 Å². The molecule has 1 aliphatic rings. The van der Waals surface area contributed by atoms with Gasteiger partial charge in [0.1, 0.15) is 11.5 Å². The van der Waals surface area contributed by atoms with Gasteiger partial charge in [0.05, 0.1) is 18.9 Å². The summed E-state index contributed by atoms with van der Waals surface area (Å²) in [4.78, 5) is 0. The SMILES string of the molecule is CC1(NCc2ccc(CSC(F)F)o2)CCOC1. The maximum absolute atomic E-state index is 12.0. The molecule has 2 heterocycles. The Labute approximate surface area is 109 Å². The minimum Gasteiger partial charge on any atom is -0.464 e. The predicted molar refractivity (Wildman–Crippen MR) is 66.7 cm³/mol. The molecule has 0 amide bonds. The van der Waals surface area contributed by atoms with E-state index in [0.29, 0.717) is 30.7 Å². The topological polar surface area (TPSA) is 34.4 Å². The molecule has 6 heteroatoms. The molecule has 1 N–H and O–H groups in total. The van der Waals surface area contributed by atoms with Crippen LogP contribution >= 0.6 is 11.8 Å². The van der Waals surface area contributed by atoms with Crippen LogP contribution in [0.1, 0.15) is 24.9 Å². The van der Waals surface area contributed by atoms with E-state index in [-0.39, 0.29) is 11.3 Å². The normalized spacial score (nSPS) is 24.0. The van der Waals surface area contributed by atoms with Gasteiger partial charge in [-0.25, -0.2) is 0 Å². The Hall–Kier alpha value is -0.590. The smallest absolute Gasteiger partial charge is 0.284 e. The van der Waals surface area contributed by atoms with Crippen LogP contribution in [-0.4, -0.2) is 24.5 Å². The molecule has 0 aromatic carbocycles. The number of ether oxygens (including phenoxy) is 1. The van der Waals surface area contributed by atoms with Gasteiger partial charge in [-0.2, -0.15) is 8.78 Å². The second kappa shape index (κ2) is 6.04. The van der Waals surface area contributed by atoms with Gasteiger partial charge < -0.3 is 14.5 Å². The zero-order valence-corrected chi connectivity index (χ0v) is 11.1. The second-order valence-electron chi connectivity index (χ2n) is 4.66. The van der Waals surface area contributed by atoms with E-state index in [1.165, 1.54) is 0 Å². The van der Waals surface area contributed by atoms with E-state index < -0.39 is 5.76 Å². The van der Waals surface area contributed by atoms with Gasteiger partial charge in [-0.05, 0) is 25.5 Å². The van der Waals surface area contributed by atoms with Crippen molar-refractivity contribution in [3.05, 3.63) is 23.7 Å². The van der Waals surface area contributed by atoms with Gasteiger partial charge in [0.2, 0.25) is 0 Å². The lowest BCUT2D eigenvalue weighted by molar-refractivity contribution is 0.170. The number of rotatable bonds is 6. The molecule has 2 rings (SSSR count). The molecule has 102 valence electrons. The van der Waals surface area contributed by atoms with Crippen LogP contribution < -0.4 is 5.32 Å². The standard InChI is InChI=1S/C12H17F2NO2S/c1-12(4-5-16-8-12)15-6-9-2-3-10(17-9)7-18-11(13)14/h2-3,11,15H,4-8H2,1H3. The third-order valence-corrected chi connectivity index (χ3v) is 3.68. The molecule has 0 saturated carbocycles. The molecule has 0 spiro atoms. The first-order chi connectivity index (χ1) is 8.57. The lowest BCUT2D eigenvalue weighted by Crippen LogP contribution is -2.42. The number of halogens is 2.